The highest BCUT2D eigenvalue weighted by Crippen LogP contribution is 2.31. The van der Waals surface area contributed by atoms with E-state index in [1.807, 2.05) is 0 Å². The van der Waals surface area contributed by atoms with Crippen molar-refractivity contribution >= 4 is 12.4 Å². The van der Waals surface area contributed by atoms with Crippen LogP contribution in [-0.2, 0) is 0 Å². The fourth-order valence-corrected chi connectivity index (χ4v) is 1.65. The molecule has 1 nitrogen and oxygen atoms in total. The molecule has 0 radical (unpaired) electrons. The second-order valence-electron chi connectivity index (χ2n) is 3.03. The normalized spacial score (nSPS) is 20.3. The lowest BCUT2D eigenvalue weighted by molar-refractivity contribution is 0.381. The van der Waals surface area contributed by atoms with Gasteiger partial charge in [-0.25, -0.2) is 0 Å². The van der Waals surface area contributed by atoms with E-state index in [-0.39, 0.29) is 12.4 Å². The topological polar surface area (TPSA) is 3.24 Å². The average Bonchev–Trinajstić information content (AvgIpc) is 2.43. The Morgan fingerprint density at radius 2 is 1.55 bits per heavy atom. The van der Waals surface area contributed by atoms with Gasteiger partial charge in [-0.05, 0) is 25.2 Å². The van der Waals surface area contributed by atoms with Crippen molar-refractivity contribution in [1.29, 1.82) is 0 Å². The summed E-state index contributed by atoms with van der Waals surface area (Å²) in [5.41, 5.74) is 2.86. The summed E-state index contributed by atoms with van der Waals surface area (Å²) in [6, 6.07) is 0.556. The fourth-order valence-electron chi connectivity index (χ4n) is 1.65. The van der Waals surface area contributed by atoms with Crippen molar-refractivity contribution in [2.75, 3.05) is 14.1 Å². The predicted octanol–water partition coefficient (Wildman–Crippen LogP) is 1.77. The molecular formula is C9H12ClN. The summed E-state index contributed by atoms with van der Waals surface area (Å²) in [5, 5.41) is 0. The fraction of sp³-hybridized carbons (Fsp3) is 0.333. The van der Waals surface area contributed by atoms with Crippen LogP contribution in [0, 0.1) is 0 Å². The number of likely N-dealkylation sites (N-methyl/N-ethyl adjacent to an activating group) is 1. The maximum Gasteiger partial charge on any atom is 0.0596 e. The van der Waals surface area contributed by atoms with Crippen LogP contribution in [0.25, 0.3) is 0 Å². The number of rotatable bonds is 1. The first-order valence-electron chi connectivity index (χ1n) is 3.55. The van der Waals surface area contributed by atoms with Gasteiger partial charge in [-0.1, -0.05) is 24.3 Å². The Kier molecular flexibility index (Phi) is 2.21. The number of allylic oxidation sites excluding steroid dienone is 2. The van der Waals surface area contributed by atoms with Gasteiger partial charge in [-0.2, -0.15) is 0 Å². The molecule has 0 aromatic carbocycles. The molecule has 0 fully saturated rings. The molecule has 0 saturated carbocycles. The zero-order chi connectivity index (χ0) is 7.14. The lowest BCUT2D eigenvalue weighted by Crippen LogP contribution is -2.26. The van der Waals surface area contributed by atoms with Crippen molar-refractivity contribution in [2.24, 2.45) is 0 Å². The van der Waals surface area contributed by atoms with Crippen LogP contribution in [0.1, 0.15) is 0 Å². The molecule has 0 amide bonds. The Bertz CT molecular complexity index is 226. The van der Waals surface area contributed by atoms with Crippen LogP contribution in [0.5, 0.6) is 0 Å². The van der Waals surface area contributed by atoms with Gasteiger partial charge in [0.15, 0.2) is 0 Å². The second-order valence-corrected chi connectivity index (χ2v) is 3.03. The smallest absolute Gasteiger partial charge is 0.0596 e. The zero-order valence-corrected chi connectivity index (χ0v) is 7.56. The van der Waals surface area contributed by atoms with Crippen LogP contribution in [0.4, 0.5) is 0 Å². The Morgan fingerprint density at radius 1 is 1.09 bits per heavy atom. The Hall–Kier alpha value is -0.530. The molecule has 11 heavy (non-hydrogen) atoms. The van der Waals surface area contributed by atoms with Gasteiger partial charge in [-0.15, -0.1) is 12.4 Å². The standard InChI is InChI=1S/C9H11N.ClH/c1-10(2)9-7-3-4-8(9)6-5-7;/h3-6,9H,1-2H3;1H. The van der Waals surface area contributed by atoms with Gasteiger partial charge in [0.05, 0.1) is 6.04 Å². The van der Waals surface area contributed by atoms with Crippen LogP contribution in [0.3, 0.4) is 0 Å². The third kappa shape index (κ3) is 1.15. The van der Waals surface area contributed by atoms with Crippen LogP contribution in [0.2, 0.25) is 0 Å². The summed E-state index contributed by atoms with van der Waals surface area (Å²) in [5.74, 6) is 0. The largest absolute Gasteiger partial charge is 0.299 e. The molecular weight excluding hydrogens is 158 g/mol. The average molecular weight is 170 g/mol. The van der Waals surface area contributed by atoms with Crippen LogP contribution < -0.4 is 0 Å². The van der Waals surface area contributed by atoms with E-state index >= 15 is 0 Å². The molecule has 0 aromatic heterocycles. The molecule has 2 rings (SSSR count). The van der Waals surface area contributed by atoms with Crippen molar-refractivity contribution in [3.8, 4) is 0 Å². The molecule has 0 spiro atoms. The first-order valence-corrected chi connectivity index (χ1v) is 3.55. The summed E-state index contributed by atoms with van der Waals surface area (Å²) in [7, 11) is 4.23. The highest BCUT2D eigenvalue weighted by atomic mass is 35.5. The molecule has 0 aromatic rings. The maximum absolute atomic E-state index is 2.24. The van der Waals surface area contributed by atoms with Gasteiger partial charge in [0, 0.05) is 0 Å². The number of hydrogen-bond donors (Lipinski definition) is 0. The minimum atomic E-state index is 0. The van der Waals surface area contributed by atoms with Gasteiger partial charge in [0.25, 0.3) is 0 Å². The summed E-state index contributed by atoms with van der Waals surface area (Å²) in [4.78, 5) is 2.24. The van der Waals surface area contributed by atoms with Gasteiger partial charge in [-0.3, -0.25) is 4.90 Å². The molecule has 2 aliphatic rings. The van der Waals surface area contributed by atoms with E-state index in [0.29, 0.717) is 6.04 Å². The number of fused-ring (bicyclic) bond motifs is 2. The second kappa shape index (κ2) is 2.84. The summed E-state index contributed by atoms with van der Waals surface area (Å²) < 4.78 is 0. The Labute approximate surface area is 73.5 Å². The highest BCUT2D eigenvalue weighted by molar-refractivity contribution is 5.85. The van der Waals surface area contributed by atoms with Crippen LogP contribution in [0.15, 0.2) is 35.5 Å². The van der Waals surface area contributed by atoms with Gasteiger partial charge >= 0.3 is 0 Å². The van der Waals surface area contributed by atoms with Gasteiger partial charge in [0.1, 0.15) is 0 Å². The predicted molar refractivity (Wildman–Crippen MR) is 50.0 cm³/mol. The van der Waals surface area contributed by atoms with Gasteiger partial charge in [0.2, 0.25) is 0 Å². The SMILES string of the molecule is CN(C)C1C2=CC=C1C=C2.Cl. The summed E-state index contributed by atoms with van der Waals surface area (Å²) >= 11 is 0. The summed E-state index contributed by atoms with van der Waals surface area (Å²) in [6.07, 6.45) is 8.78. The van der Waals surface area contributed by atoms with E-state index in [1.165, 1.54) is 11.1 Å². The number of nitrogens with zero attached hydrogens (tertiary/aromatic N) is 1. The minimum Gasteiger partial charge on any atom is -0.299 e. The van der Waals surface area contributed by atoms with Crippen molar-refractivity contribution in [3.63, 3.8) is 0 Å². The molecule has 2 heteroatoms. The molecule has 2 aliphatic carbocycles. The van der Waals surface area contributed by atoms with E-state index in [9.17, 15) is 0 Å². The van der Waals surface area contributed by atoms with E-state index in [4.69, 9.17) is 0 Å². The Balaban J connectivity index is 0.000000605. The van der Waals surface area contributed by atoms with E-state index < -0.39 is 0 Å². The quantitative estimate of drug-likeness (QED) is 0.579. The van der Waals surface area contributed by atoms with Crippen LogP contribution in [-0.4, -0.2) is 25.0 Å². The minimum absolute atomic E-state index is 0. The summed E-state index contributed by atoms with van der Waals surface area (Å²) in [6.45, 7) is 0. The molecule has 60 valence electrons. The number of hydrogen-bond acceptors (Lipinski definition) is 1. The van der Waals surface area contributed by atoms with Crippen LogP contribution >= 0.6 is 12.4 Å². The molecule has 0 aliphatic heterocycles. The number of halogens is 1. The molecule has 2 bridgehead atoms. The van der Waals surface area contributed by atoms with Crippen molar-refractivity contribution in [2.45, 2.75) is 6.04 Å². The third-order valence-corrected chi connectivity index (χ3v) is 2.08. The molecule has 0 saturated heterocycles. The third-order valence-electron chi connectivity index (χ3n) is 2.08. The van der Waals surface area contributed by atoms with E-state index in [0.717, 1.165) is 0 Å². The molecule has 0 heterocycles. The van der Waals surface area contributed by atoms with Crippen molar-refractivity contribution in [3.05, 3.63) is 35.5 Å². The molecule has 0 atom stereocenters. The van der Waals surface area contributed by atoms with Crippen molar-refractivity contribution in [1.82, 2.24) is 4.90 Å². The van der Waals surface area contributed by atoms with E-state index in [2.05, 4.69) is 43.3 Å². The lowest BCUT2D eigenvalue weighted by Gasteiger charge is -2.19. The highest BCUT2D eigenvalue weighted by Gasteiger charge is 2.25. The molecule has 0 N–H and O–H groups in total. The van der Waals surface area contributed by atoms with E-state index in [1.54, 1.807) is 0 Å². The lowest BCUT2D eigenvalue weighted by atomic mass is 10.1. The van der Waals surface area contributed by atoms with Crippen molar-refractivity contribution < 1.29 is 0 Å². The molecule has 0 unspecified atom stereocenters. The monoisotopic (exact) mass is 169 g/mol. The zero-order valence-electron chi connectivity index (χ0n) is 6.74. The first-order chi connectivity index (χ1) is 4.79. The Morgan fingerprint density at radius 3 is 1.73 bits per heavy atom. The first kappa shape index (κ1) is 8.57. The maximum atomic E-state index is 2.24. The van der Waals surface area contributed by atoms with Gasteiger partial charge < -0.3 is 0 Å².